The molecule has 1 aliphatic heterocycles. The quantitative estimate of drug-likeness (QED) is 0.919. The number of hydrogen-bond donors (Lipinski definition) is 1. The lowest BCUT2D eigenvalue weighted by Gasteiger charge is -2.17. The van der Waals surface area contributed by atoms with Gasteiger partial charge in [-0.1, -0.05) is 6.92 Å². The fraction of sp³-hybridized carbons (Fsp3) is 0.667. The highest BCUT2D eigenvalue weighted by molar-refractivity contribution is 9.10. The molecule has 1 N–H and O–H groups in total. The molecule has 0 spiro atoms. The second-order valence-electron chi connectivity index (χ2n) is 4.20. The van der Waals surface area contributed by atoms with Crippen LogP contribution in [-0.4, -0.2) is 19.7 Å². The van der Waals surface area contributed by atoms with E-state index in [1.165, 1.54) is 20.6 Å². The van der Waals surface area contributed by atoms with Gasteiger partial charge in [0, 0.05) is 33.3 Å². The Morgan fingerprint density at radius 3 is 3.06 bits per heavy atom. The van der Waals surface area contributed by atoms with E-state index in [0.717, 1.165) is 19.7 Å². The van der Waals surface area contributed by atoms with Crippen molar-refractivity contribution in [3.05, 3.63) is 20.3 Å². The highest BCUT2D eigenvalue weighted by Crippen LogP contribution is 2.40. The van der Waals surface area contributed by atoms with Gasteiger partial charge in [0.25, 0.3) is 0 Å². The molecule has 1 saturated heterocycles. The first-order valence-electron chi connectivity index (χ1n) is 5.80. The summed E-state index contributed by atoms with van der Waals surface area (Å²) in [4.78, 5) is 2.71. The summed E-state index contributed by atoms with van der Waals surface area (Å²) in [6.07, 6.45) is 1.47. The van der Waals surface area contributed by atoms with Crippen LogP contribution in [0.3, 0.4) is 0 Å². The average molecular weight is 304 g/mol. The summed E-state index contributed by atoms with van der Waals surface area (Å²) >= 11 is 5.42. The lowest BCUT2D eigenvalue weighted by atomic mass is 10.0. The minimum atomic E-state index is 0.300. The molecule has 16 heavy (non-hydrogen) atoms. The third kappa shape index (κ3) is 2.67. The summed E-state index contributed by atoms with van der Waals surface area (Å²) in [6, 6.07) is 2.22. The first-order valence-corrected chi connectivity index (χ1v) is 7.41. The highest BCUT2D eigenvalue weighted by Gasteiger charge is 2.30. The Morgan fingerprint density at radius 1 is 1.62 bits per heavy atom. The van der Waals surface area contributed by atoms with Crippen LogP contribution in [0.25, 0.3) is 0 Å². The summed E-state index contributed by atoms with van der Waals surface area (Å²) in [7, 11) is 0. The Kier molecular flexibility index (Phi) is 4.41. The molecule has 0 amide bonds. The topological polar surface area (TPSA) is 21.3 Å². The minimum absolute atomic E-state index is 0.300. The van der Waals surface area contributed by atoms with Crippen molar-refractivity contribution in [2.45, 2.75) is 26.4 Å². The number of nitrogens with one attached hydrogen (secondary N) is 1. The molecule has 0 saturated carbocycles. The van der Waals surface area contributed by atoms with Crippen molar-refractivity contribution in [3.63, 3.8) is 0 Å². The molecule has 0 aliphatic carbocycles. The summed E-state index contributed by atoms with van der Waals surface area (Å²) in [5.41, 5.74) is 0. The van der Waals surface area contributed by atoms with E-state index < -0.39 is 0 Å². The molecule has 0 bridgehead atoms. The maximum atomic E-state index is 5.87. The van der Waals surface area contributed by atoms with E-state index in [2.05, 4.69) is 41.2 Å². The van der Waals surface area contributed by atoms with Crippen LogP contribution < -0.4 is 5.32 Å². The SMILES string of the molecule is CCNCC1CCOC1c1cc(Br)c(C)s1. The monoisotopic (exact) mass is 303 g/mol. The van der Waals surface area contributed by atoms with Crippen LogP contribution in [0.1, 0.15) is 29.2 Å². The van der Waals surface area contributed by atoms with Gasteiger partial charge in [0.15, 0.2) is 0 Å². The van der Waals surface area contributed by atoms with Crippen molar-refractivity contribution < 1.29 is 4.74 Å². The molecule has 2 nitrogen and oxygen atoms in total. The van der Waals surface area contributed by atoms with Gasteiger partial charge in [0.2, 0.25) is 0 Å². The molecule has 2 atom stereocenters. The van der Waals surface area contributed by atoms with Crippen molar-refractivity contribution in [2.24, 2.45) is 5.92 Å². The molecule has 1 fully saturated rings. The lowest BCUT2D eigenvalue weighted by molar-refractivity contribution is 0.0935. The van der Waals surface area contributed by atoms with E-state index in [1.54, 1.807) is 0 Å². The van der Waals surface area contributed by atoms with Gasteiger partial charge in [-0.05, 0) is 41.9 Å². The van der Waals surface area contributed by atoms with Gasteiger partial charge >= 0.3 is 0 Å². The molecule has 0 radical (unpaired) electrons. The predicted octanol–water partition coefficient (Wildman–Crippen LogP) is 3.51. The van der Waals surface area contributed by atoms with Crippen LogP contribution >= 0.6 is 27.3 Å². The zero-order chi connectivity index (χ0) is 11.5. The Hall–Kier alpha value is 0.1000. The maximum Gasteiger partial charge on any atom is 0.0958 e. The van der Waals surface area contributed by atoms with Gasteiger partial charge in [-0.15, -0.1) is 11.3 Å². The zero-order valence-electron chi connectivity index (χ0n) is 9.75. The predicted molar refractivity (Wildman–Crippen MR) is 72.1 cm³/mol. The Bertz CT molecular complexity index is 333. The summed E-state index contributed by atoms with van der Waals surface area (Å²) < 4.78 is 7.08. The smallest absolute Gasteiger partial charge is 0.0958 e. The van der Waals surface area contributed by atoms with Gasteiger partial charge in [0.05, 0.1) is 6.10 Å². The molecule has 2 rings (SSSR count). The molecular formula is C12H18BrNOS. The fourth-order valence-electron chi connectivity index (χ4n) is 2.11. The highest BCUT2D eigenvalue weighted by atomic mass is 79.9. The number of rotatable bonds is 4. The second-order valence-corrected chi connectivity index (χ2v) is 6.34. The minimum Gasteiger partial charge on any atom is -0.372 e. The molecule has 2 unspecified atom stereocenters. The van der Waals surface area contributed by atoms with Gasteiger partial charge in [-0.2, -0.15) is 0 Å². The third-order valence-electron chi connectivity index (χ3n) is 3.03. The number of aryl methyl sites for hydroxylation is 1. The summed E-state index contributed by atoms with van der Waals surface area (Å²) in [6.45, 7) is 7.30. The van der Waals surface area contributed by atoms with Crippen LogP contribution in [0.4, 0.5) is 0 Å². The van der Waals surface area contributed by atoms with Gasteiger partial charge < -0.3 is 10.1 Å². The summed E-state index contributed by atoms with van der Waals surface area (Å²) in [5.74, 6) is 0.630. The Labute approximate surface area is 110 Å². The number of ether oxygens (including phenoxy) is 1. The molecular weight excluding hydrogens is 286 g/mol. The van der Waals surface area contributed by atoms with E-state index in [0.29, 0.717) is 12.0 Å². The van der Waals surface area contributed by atoms with Crippen molar-refractivity contribution in [3.8, 4) is 0 Å². The number of halogens is 1. The van der Waals surface area contributed by atoms with E-state index in [9.17, 15) is 0 Å². The van der Waals surface area contributed by atoms with Gasteiger partial charge in [-0.3, -0.25) is 0 Å². The van der Waals surface area contributed by atoms with Gasteiger partial charge in [-0.25, -0.2) is 0 Å². The maximum absolute atomic E-state index is 5.87. The van der Waals surface area contributed by atoms with Crippen molar-refractivity contribution >= 4 is 27.3 Å². The molecule has 90 valence electrons. The van der Waals surface area contributed by atoms with Crippen molar-refractivity contribution in [2.75, 3.05) is 19.7 Å². The first-order chi connectivity index (χ1) is 7.72. The normalized spacial score (nSPS) is 25.2. The lowest BCUT2D eigenvalue weighted by Crippen LogP contribution is -2.24. The number of thiophene rings is 1. The molecule has 4 heteroatoms. The van der Waals surface area contributed by atoms with Crippen LogP contribution in [0.15, 0.2) is 10.5 Å². The molecule has 1 aromatic rings. The molecule has 1 aliphatic rings. The average Bonchev–Trinajstić information content (AvgIpc) is 2.83. The molecule has 2 heterocycles. The largest absolute Gasteiger partial charge is 0.372 e. The van der Waals surface area contributed by atoms with Crippen LogP contribution in [0.5, 0.6) is 0 Å². The van der Waals surface area contributed by atoms with Crippen molar-refractivity contribution in [1.29, 1.82) is 0 Å². The standard InChI is InChI=1S/C12H18BrNOS/c1-3-14-7-9-4-5-15-12(9)11-6-10(13)8(2)16-11/h6,9,12,14H,3-5,7H2,1-2H3. The van der Waals surface area contributed by atoms with Crippen LogP contribution in [0.2, 0.25) is 0 Å². The van der Waals surface area contributed by atoms with Gasteiger partial charge in [0.1, 0.15) is 0 Å². The zero-order valence-corrected chi connectivity index (χ0v) is 12.2. The first kappa shape index (κ1) is 12.6. The number of hydrogen-bond acceptors (Lipinski definition) is 3. The molecule has 1 aromatic heterocycles. The van der Waals surface area contributed by atoms with E-state index in [4.69, 9.17) is 4.74 Å². The third-order valence-corrected chi connectivity index (χ3v) is 5.23. The van der Waals surface area contributed by atoms with Crippen LogP contribution in [-0.2, 0) is 4.74 Å². The molecule has 0 aromatic carbocycles. The van der Waals surface area contributed by atoms with E-state index in [1.807, 2.05) is 11.3 Å². The van der Waals surface area contributed by atoms with E-state index >= 15 is 0 Å². The van der Waals surface area contributed by atoms with Crippen molar-refractivity contribution in [1.82, 2.24) is 5.32 Å². The Morgan fingerprint density at radius 2 is 2.44 bits per heavy atom. The van der Waals surface area contributed by atoms with E-state index in [-0.39, 0.29) is 0 Å². The summed E-state index contributed by atoms with van der Waals surface area (Å²) in [5, 5.41) is 3.42. The fourth-order valence-corrected chi connectivity index (χ4v) is 3.81. The van der Waals surface area contributed by atoms with Crippen LogP contribution in [0, 0.1) is 12.8 Å². The Balaban J connectivity index is 2.07. The second kappa shape index (κ2) is 5.63.